The van der Waals surface area contributed by atoms with E-state index in [0.29, 0.717) is 25.0 Å². The minimum atomic E-state index is -0.802. The van der Waals surface area contributed by atoms with Gasteiger partial charge in [-0.25, -0.2) is 28.4 Å². The zero-order chi connectivity index (χ0) is 21.9. The van der Waals surface area contributed by atoms with Gasteiger partial charge in [-0.15, -0.1) is 0 Å². The van der Waals surface area contributed by atoms with Gasteiger partial charge < -0.3 is 0 Å². The van der Waals surface area contributed by atoms with E-state index in [-0.39, 0.29) is 24.0 Å². The molecular weight excluding hydrogens is 404 g/mol. The van der Waals surface area contributed by atoms with Crippen LogP contribution in [0, 0.1) is 23.3 Å². The predicted octanol–water partition coefficient (Wildman–Crippen LogP) is 3.40. The molecule has 0 heterocycles. The Kier molecular flexibility index (Phi) is 8.67. The number of hydrogen-bond donors (Lipinski definition) is 2. The molecule has 2 N–H and O–H groups in total. The highest BCUT2D eigenvalue weighted by Crippen LogP contribution is 2.08. The molecule has 2 aromatic rings. The molecule has 2 aromatic carbocycles. The van der Waals surface area contributed by atoms with Gasteiger partial charge in [0.15, 0.2) is 0 Å². The monoisotopic (exact) mass is 422 g/mol. The van der Waals surface area contributed by atoms with Gasteiger partial charge in [-0.3, -0.25) is 9.59 Å². The number of rotatable bonds is 9. The van der Waals surface area contributed by atoms with Crippen molar-refractivity contribution in [2.75, 3.05) is 0 Å². The van der Waals surface area contributed by atoms with Crippen LogP contribution >= 0.6 is 0 Å². The lowest BCUT2D eigenvalue weighted by molar-refractivity contribution is -0.123. The van der Waals surface area contributed by atoms with Crippen molar-refractivity contribution in [1.29, 1.82) is 0 Å². The highest BCUT2D eigenvalue weighted by molar-refractivity contribution is 5.83. The second kappa shape index (κ2) is 11.4. The predicted molar refractivity (Wildman–Crippen MR) is 103 cm³/mol. The second-order valence-electron chi connectivity index (χ2n) is 6.13. The smallest absolute Gasteiger partial charge is 0.240 e. The zero-order valence-electron chi connectivity index (χ0n) is 15.7. The molecule has 0 aliphatic heterocycles. The average molecular weight is 422 g/mol. The normalized spacial score (nSPS) is 11.2. The van der Waals surface area contributed by atoms with Crippen molar-refractivity contribution in [3.63, 3.8) is 0 Å². The zero-order valence-corrected chi connectivity index (χ0v) is 15.7. The molecule has 2 amide bonds. The largest absolute Gasteiger partial charge is 0.273 e. The highest BCUT2D eigenvalue weighted by atomic mass is 19.1. The Bertz CT molecular complexity index is 886. The Balaban J connectivity index is 1.63. The van der Waals surface area contributed by atoms with Crippen molar-refractivity contribution in [2.24, 2.45) is 10.2 Å². The van der Waals surface area contributed by atoms with Crippen LogP contribution in [0.3, 0.4) is 0 Å². The summed E-state index contributed by atoms with van der Waals surface area (Å²) in [6, 6.07) is 5.91. The summed E-state index contributed by atoms with van der Waals surface area (Å²) >= 11 is 0. The Labute approximate surface area is 169 Å². The Morgan fingerprint density at radius 1 is 0.733 bits per heavy atom. The van der Waals surface area contributed by atoms with Gasteiger partial charge in [-0.1, -0.05) is 0 Å². The number of hydrogen-bond acceptors (Lipinski definition) is 4. The molecule has 0 bridgehead atoms. The Hall–Kier alpha value is -3.56. The lowest BCUT2D eigenvalue weighted by Crippen LogP contribution is -2.19. The molecule has 0 saturated heterocycles. The van der Waals surface area contributed by atoms with Crippen LogP contribution in [0.1, 0.15) is 36.8 Å². The summed E-state index contributed by atoms with van der Waals surface area (Å²) in [6.07, 6.45) is 3.05. The van der Waals surface area contributed by atoms with E-state index in [1.54, 1.807) is 0 Å². The number of nitrogens with zero attached hydrogens (tertiary/aromatic N) is 2. The number of benzene rings is 2. The maximum Gasteiger partial charge on any atom is 0.240 e. The van der Waals surface area contributed by atoms with Crippen LogP contribution < -0.4 is 10.9 Å². The van der Waals surface area contributed by atoms with Crippen molar-refractivity contribution < 1.29 is 27.2 Å². The first-order valence-corrected chi connectivity index (χ1v) is 8.89. The minimum absolute atomic E-state index is 0.0226. The van der Waals surface area contributed by atoms with Crippen LogP contribution in [0.25, 0.3) is 0 Å². The van der Waals surface area contributed by atoms with Gasteiger partial charge in [0.2, 0.25) is 11.8 Å². The quantitative estimate of drug-likeness (QED) is 0.281. The molecule has 0 radical (unpaired) electrons. The van der Waals surface area contributed by atoms with Crippen LogP contribution in [0.4, 0.5) is 17.6 Å². The molecular formula is C20H18F4N4O2. The summed E-state index contributed by atoms with van der Waals surface area (Å²) in [5.41, 5.74) is 4.46. The number of unbranched alkanes of at least 4 members (excludes halogenated alkanes) is 1. The highest BCUT2D eigenvalue weighted by Gasteiger charge is 2.05. The maximum atomic E-state index is 13.4. The van der Waals surface area contributed by atoms with Gasteiger partial charge >= 0.3 is 0 Å². The molecule has 6 nitrogen and oxygen atoms in total. The van der Waals surface area contributed by atoms with E-state index in [4.69, 9.17) is 0 Å². The van der Waals surface area contributed by atoms with Gasteiger partial charge in [0.25, 0.3) is 0 Å². The van der Waals surface area contributed by atoms with Crippen molar-refractivity contribution >= 4 is 24.2 Å². The van der Waals surface area contributed by atoms with Gasteiger partial charge in [0.1, 0.15) is 23.3 Å². The molecule has 0 fully saturated rings. The van der Waals surface area contributed by atoms with Crippen molar-refractivity contribution in [3.05, 3.63) is 70.8 Å². The molecule has 0 atom stereocenters. The van der Waals surface area contributed by atoms with Gasteiger partial charge in [-0.05, 0) is 37.1 Å². The first-order chi connectivity index (χ1) is 14.3. The number of amides is 2. The van der Waals surface area contributed by atoms with Crippen molar-refractivity contribution in [3.8, 4) is 0 Å². The summed E-state index contributed by atoms with van der Waals surface area (Å²) in [7, 11) is 0. The number of halogens is 4. The van der Waals surface area contributed by atoms with Crippen LogP contribution in [-0.4, -0.2) is 24.2 Å². The molecule has 0 unspecified atom stereocenters. The summed E-state index contributed by atoms with van der Waals surface area (Å²) in [5.74, 6) is -3.90. The molecule has 0 spiro atoms. The summed E-state index contributed by atoms with van der Waals surface area (Å²) in [4.78, 5) is 23.3. The molecule has 0 aromatic heterocycles. The van der Waals surface area contributed by atoms with Crippen LogP contribution in [0.5, 0.6) is 0 Å². The van der Waals surface area contributed by atoms with E-state index in [9.17, 15) is 27.2 Å². The molecule has 0 aliphatic rings. The van der Waals surface area contributed by atoms with E-state index < -0.39 is 35.1 Å². The maximum absolute atomic E-state index is 13.4. The van der Waals surface area contributed by atoms with Crippen LogP contribution in [-0.2, 0) is 9.59 Å². The van der Waals surface area contributed by atoms with Crippen LogP contribution in [0.15, 0.2) is 46.6 Å². The minimum Gasteiger partial charge on any atom is -0.273 e. The van der Waals surface area contributed by atoms with Gasteiger partial charge in [0.05, 0.1) is 12.4 Å². The van der Waals surface area contributed by atoms with Crippen molar-refractivity contribution in [2.45, 2.75) is 25.7 Å². The third-order valence-corrected chi connectivity index (χ3v) is 3.77. The first-order valence-electron chi connectivity index (χ1n) is 8.89. The van der Waals surface area contributed by atoms with E-state index in [1.165, 1.54) is 12.1 Å². The molecule has 158 valence electrons. The number of carbonyl (C=O) groups excluding carboxylic acids is 2. The molecule has 0 aliphatic carbocycles. The van der Waals surface area contributed by atoms with E-state index >= 15 is 0 Å². The number of hydrazone groups is 2. The lowest BCUT2D eigenvalue weighted by atomic mass is 10.2. The Morgan fingerprint density at radius 2 is 1.13 bits per heavy atom. The third kappa shape index (κ3) is 7.82. The van der Waals surface area contributed by atoms with Gasteiger partial charge in [-0.2, -0.15) is 10.2 Å². The average Bonchev–Trinajstić information content (AvgIpc) is 2.68. The van der Waals surface area contributed by atoms with Crippen molar-refractivity contribution in [1.82, 2.24) is 10.9 Å². The summed E-state index contributed by atoms with van der Waals surface area (Å²) < 4.78 is 52.4. The third-order valence-electron chi connectivity index (χ3n) is 3.77. The molecule has 30 heavy (non-hydrogen) atoms. The molecule has 10 heteroatoms. The molecule has 2 rings (SSSR count). The van der Waals surface area contributed by atoms with E-state index in [0.717, 1.165) is 24.6 Å². The fraction of sp³-hybridized carbons (Fsp3) is 0.200. The van der Waals surface area contributed by atoms with E-state index in [2.05, 4.69) is 21.1 Å². The SMILES string of the molecule is O=C(CCCCC(=O)NN=Cc1ccc(F)cc1F)NN=Cc1ccc(F)cc1F. The standard InChI is InChI=1S/C20H18F4N4O2/c21-15-7-5-13(17(23)9-15)11-25-27-19(29)3-1-2-4-20(30)28-26-12-14-6-8-16(22)10-18(14)24/h5-12H,1-4H2,(H,27,29)(H,28,30). The number of nitrogens with one attached hydrogen (secondary N) is 2. The van der Waals surface area contributed by atoms with E-state index in [1.807, 2.05) is 0 Å². The number of carbonyl (C=O) groups is 2. The van der Waals surface area contributed by atoms with Crippen LogP contribution in [0.2, 0.25) is 0 Å². The fourth-order valence-electron chi connectivity index (χ4n) is 2.24. The second-order valence-corrected chi connectivity index (χ2v) is 6.13. The molecule has 0 saturated carbocycles. The fourth-order valence-corrected chi connectivity index (χ4v) is 2.24. The Morgan fingerprint density at radius 3 is 1.50 bits per heavy atom. The van der Waals surface area contributed by atoms with Gasteiger partial charge in [0, 0.05) is 36.1 Å². The topological polar surface area (TPSA) is 82.9 Å². The lowest BCUT2D eigenvalue weighted by Gasteiger charge is -2.01. The summed E-state index contributed by atoms with van der Waals surface area (Å²) in [6.45, 7) is 0. The summed E-state index contributed by atoms with van der Waals surface area (Å²) in [5, 5.41) is 7.18. The first kappa shape index (κ1) is 22.7.